The van der Waals surface area contributed by atoms with Gasteiger partial charge in [-0.2, -0.15) is 0 Å². The molecule has 0 radical (unpaired) electrons. The molecule has 0 N–H and O–H groups in total. The minimum Gasteiger partial charge on any atom is -0.464 e. The van der Waals surface area contributed by atoms with Crippen molar-refractivity contribution in [2.24, 2.45) is 0 Å². The monoisotopic (exact) mass is 383 g/mol. The third-order valence-corrected chi connectivity index (χ3v) is 5.34. The number of benzene rings is 1. The number of thioether (sulfide) groups is 1. The van der Waals surface area contributed by atoms with E-state index in [2.05, 4.69) is 43.1 Å². The molecule has 0 aliphatic rings. The molecule has 0 fully saturated rings. The molecular weight excluding hydrogens is 358 g/mol. The van der Waals surface area contributed by atoms with Crippen LogP contribution in [0.25, 0.3) is 5.69 Å². The number of furan rings is 1. The van der Waals surface area contributed by atoms with Crippen LogP contribution in [-0.4, -0.2) is 33.2 Å². The number of imidazole rings is 1. The number of aryl methyl sites for hydroxylation is 1. The second kappa shape index (κ2) is 8.48. The summed E-state index contributed by atoms with van der Waals surface area (Å²) in [7, 11) is 1.79. The highest BCUT2D eigenvalue weighted by Gasteiger charge is 2.14. The number of aromatic nitrogens is 2. The maximum absolute atomic E-state index is 12.4. The summed E-state index contributed by atoms with van der Waals surface area (Å²) < 4.78 is 7.55. The van der Waals surface area contributed by atoms with E-state index in [1.807, 2.05) is 29.8 Å². The summed E-state index contributed by atoms with van der Waals surface area (Å²) >= 11 is 1.44. The van der Waals surface area contributed by atoms with Gasteiger partial charge in [0, 0.05) is 25.1 Å². The van der Waals surface area contributed by atoms with Crippen molar-refractivity contribution in [3.05, 3.63) is 65.9 Å². The van der Waals surface area contributed by atoms with Gasteiger partial charge in [-0.25, -0.2) is 4.98 Å². The fourth-order valence-corrected chi connectivity index (χ4v) is 3.66. The van der Waals surface area contributed by atoms with Gasteiger partial charge in [-0.05, 0) is 42.7 Å². The maximum Gasteiger partial charge on any atom is 0.233 e. The number of amides is 1. The number of hydrogen-bond donors (Lipinski definition) is 0. The van der Waals surface area contributed by atoms with Crippen LogP contribution in [0.5, 0.6) is 0 Å². The topological polar surface area (TPSA) is 51.3 Å². The largest absolute Gasteiger partial charge is 0.464 e. The molecule has 0 aliphatic carbocycles. The smallest absolute Gasteiger partial charge is 0.233 e. The Labute approximate surface area is 164 Å². The first-order valence-electron chi connectivity index (χ1n) is 9.00. The van der Waals surface area contributed by atoms with E-state index in [1.54, 1.807) is 18.1 Å². The normalized spacial score (nSPS) is 11.1. The van der Waals surface area contributed by atoms with Crippen LogP contribution in [-0.2, 0) is 11.3 Å². The fourth-order valence-electron chi connectivity index (χ4n) is 2.74. The van der Waals surface area contributed by atoms with E-state index in [-0.39, 0.29) is 5.91 Å². The van der Waals surface area contributed by atoms with Crippen LogP contribution in [0.1, 0.15) is 36.8 Å². The van der Waals surface area contributed by atoms with Crippen molar-refractivity contribution in [2.45, 2.75) is 38.4 Å². The van der Waals surface area contributed by atoms with Gasteiger partial charge in [0.05, 0.1) is 12.3 Å². The predicted molar refractivity (Wildman–Crippen MR) is 108 cm³/mol. The highest BCUT2D eigenvalue weighted by molar-refractivity contribution is 7.99. The summed E-state index contributed by atoms with van der Waals surface area (Å²) in [6.07, 6.45) is 3.69. The van der Waals surface area contributed by atoms with Gasteiger partial charge in [0.25, 0.3) is 0 Å². The molecule has 1 aromatic carbocycles. The van der Waals surface area contributed by atoms with Gasteiger partial charge in [-0.1, -0.05) is 37.7 Å². The molecule has 3 rings (SSSR count). The Hall–Kier alpha value is -2.47. The van der Waals surface area contributed by atoms with Crippen molar-refractivity contribution in [3.8, 4) is 5.69 Å². The lowest BCUT2D eigenvalue weighted by Gasteiger charge is -2.15. The summed E-state index contributed by atoms with van der Waals surface area (Å²) in [5, 5.41) is 0.808. The number of hydrogen-bond acceptors (Lipinski definition) is 4. The Morgan fingerprint density at radius 3 is 2.59 bits per heavy atom. The van der Waals surface area contributed by atoms with Crippen molar-refractivity contribution < 1.29 is 9.21 Å². The average molecular weight is 384 g/mol. The predicted octanol–water partition coefficient (Wildman–Crippen LogP) is 4.65. The van der Waals surface area contributed by atoms with Gasteiger partial charge in [-0.15, -0.1) is 0 Å². The van der Waals surface area contributed by atoms with Gasteiger partial charge in [0.2, 0.25) is 5.91 Å². The van der Waals surface area contributed by atoms with Crippen molar-refractivity contribution in [1.29, 1.82) is 0 Å². The van der Waals surface area contributed by atoms with E-state index in [1.165, 1.54) is 17.3 Å². The van der Waals surface area contributed by atoms with Crippen molar-refractivity contribution >= 4 is 17.7 Å². The standard InChI is InChI=1S/C21H25N3O2S/c1-15(2)17-6-8-18(9-7-17)24-12-11-22-21(24)27-14-20(25)23(4)13-19-10-5-16(3)26-19/h5-12,15H,13-14H2,1-4H3. The average Bonchev–Trinajstić information content (AvgIpc) is 3.28. The number of carbonyl (C=O) groups excluding carboxylic acids is 1. The molecule has 0 atom stereocenters. The summed E-state index contributed by atoms with van der Waals surface area (Å²) in [5.41, 5.74) is 2.35. The second-order valence-electron chi connectivity index (χ2n) is 6.88. The van der Waals surface area contributed by atoms with E-state index in [4.69, 9.17) is 4.42 Å². The van der Waals surface area contributed by atoms with Crippen LogP contribution in [0.2, 0.25) is 0 Å². The second-order valence-corrected chi connectivity index (χ2v) is 7.82. The van der Waals surface area contributed by atoms with Crippen molar-refractivity contribution in [3.63, 3.8) is 0 Å². The van der Waals surface area contributed by atoms with Crippen LogP contribution >= 0.6 is 11.8 Å². The molecule has 5 nitrogen and oxygen atoms in total. The Morgan fingerprint density at radius 2 is 1.96 bits per heavy atom. The molecule has 1 amide bonds. The Bertz CT molecular complexity index is 896. The van der Waals surface area contributed by atoms with E-state index >= 15 is 0 Å². The zero-order chi connectivity index (χ0) is 19.4. The van der Waals surface area contributed by atoms with Crippen LogP contribution in [0, 0.1) is 6.92 Å². The van der Waals surface area contributed by atoms with Crippen molar-refractivity contribution in [2.75, 3.05) is 12.8 Å². The fraction of sp³-hybridized carbons (Fsp3) is 0.333. The van der Waals surface area contributed by atoms with E-state index in [0.717, 1.165) is 22.4 Å². The highest BCUT2D eigenvalue weighted by atomic mass is 32.2. The van der Waals surface area contributed by atoms with Gasteiger partial charge in [-0.3, -0.25) is 9.36 Å². The Kier molecular flexibility index (Phi) is 6.06. The van der Waals surface area contributed by atoms with Crippen molar-refractivity contribution in [1.82, 2.24) is 14.5 Å². The lowest BCUT2D eigenvalue weighted by atomic mass is 10.0. The Morgan fingerprint density at radius 1 is 1.22 bits per heavy atom. The SMILES string of the molecule is Cc1ccc(CN(C)C(=O)CSc2nccn2-c2ccc(C(C)C)cc2)o1. The first-order valence-corrected chi connectivity index (χ1v) is 9.98. The third kappa shape index (κ3) is 4.83. The zero-order valence-electron chi connectivity index (χ0n) is 16.2. The van der Waals surface area contributed by atoms with Crippen LogP contribution < -0.4 is 0 Å². The first-order chi connectivity index (χ1) is 12.9. The number of nitrogens with zero attached hydrogens (tertiary/aromatic N) is 3. The van der Waals surface area contributed by atoms with Crippen LogP contribution in [0.3, 0.4) is 0 Å². The lowest BCUT2D eigenvalue weighted by molar-refractivity contribution is -0.127. The minimum atomic E-state index is 0.0405. The lowest BCUT2D eigenvalue weighted by Crippen LogP contribution is -2.27. The molecule has 27 heavy (non-hydrogen) atoms. The molecule has 0 unspecified atom stereocenters. The number of rotatable bonds is 7. The van der Waals surface area contributed by atoms with Crippen LogP contribution in [0.15, 0.2) is 58.4 Å². The highest BCUT2D eigenvalue weighted by Crippen LogP contribution is 2.23. The van der Waals surface area contributed by atoms with E-state index < -0.39 is 0 Å². The first kappa shape index (κ1) is 19.3. The van der Waals surface area contributed by atoms with Gasteiger partial charge < -0.3 is 9.32 Å². The molecule has 0 aliphatic heterocycles. The van der Waals surface area contributed by atoms with Crippen LogP contribution in [0.4, 0.5) is 0 Å². The molecule has 2 aromatic heterocycles. The molecule has 2 heterocycles. The molecular formula is C21H25N3O2S. The third-order valence-electron chi connectivity index (χ3n) is 4.38. The van der Waals surface area contributed by atoms with E-state index in [0.29, 0.717) is 18.2 Å². The van der Waals surface area contributed by atoms with Gasteiger partial charge in [0.1, 0.15) is 11.5 Å². The molecule has 0 saturated carbocycles. The number of carbonyl (C=O) groups is 1. The molecule has 0 spiro atoms. The summed E-state index contributed by atoms with van der Waals surface area (Å²) in [5.74, 6) is 2.52. The molecule has 0 saturated heterocycles. The van der Waals surface area contributed by atoms with Gasteiger partial charge >= 0.3 is 0 Å². The minimum absolute atomic E-state index is 0.0405. The summed E-state index contributed by atoms with van der Waals surface area (Å²) in [4.78, 5) is 18.5. The summed E-state index contributed by atoms with van der Waals surface area (Å²) in [6.45, 7) is 6.73. The quantitative estimate of drug-likeness (QED) is 0.557. The van der Waals surface area contributed by atoms with E-state index in [9.17, 15) is 4.79 Å². The molecule has 6 heteroatoms. The summed E-state index contributed by atoms with van der Waals surface area (Å²) in [6, 6.07) is 12.3. The molecule has 0 bridgehead atoms. The maximum atomic E-state index is 12.4. The van der Waals surface area contributed by atoms with Gasteiger partial charge in [0.15, 0.2) is 5.16 Å². The zero-order valence-corrected chi connectivity index (χ0v) is 17.0. The molecule has 3 aromatic rings. The molecule has 142 valence electrons. The Balaban J connectivity index is 1.61.